The first-order valence-electron chi connectivity index (χ1n) is 9.24. The van der Waals surface area contributed by atoms with Crippen LogP contribution < -0.4 is 4.74 Å². The van der Waals surface area contributed by atoms with Crippen LogP contribution in [0.2, 0.25) is 0 Å². The summed E-state index contributed by atoms with van der Waals surface area (Å²) in [5.41, 5.74) is 2.89. The Morgan fingerprint density at radius 2 is 2.04 bits per heavy atom. The van der Waals surface area contributed by atoms with E-state index in [0.29, 0.717) is 5.75 Å². The molecule has 1 aliphatic heterocycles. The van der Waals surface area contributed by atoms with Crippen LogP contribution in [0.1, 0.15) is 30.9 Å². The van der Waals surface area contributed by atoms with Gasteiger partial charge in [-0.05, 0) is 43.0 Å². The molecule has 0 radical (unpaired) electrons. The van der Waals surface area contributed by atoms with Gasteiger partial charge in [0.15, 0.2) is 6.61 Å². The lowest BCUT2D eigenvalue weighted by Crippen LogP contribution is -2.41. The van der Waals surface area contributed by atoms with Crippen molar-refractivity contribution >= 4 is 5.91 Å². The minimum Gasteiger partial charge on any atom is -0.484 e. The number of carbonyl (C=O) groups is 1. The Bertz CT molecular complexity index is 863. The van der Waals surface area contributed by atoms with Gasteiger partial charge in [0, 0.05) is 24.5 Å². The number of pyridine rings is 1. The fourth-order valence-corrected chi connectivity index (χ4v) is 3.49. The number of hydrogen-bond donors (Lipinski definition) is 1. The van der Waals surface area contributed by atoms with E-state index in [1.54, 1.807) is 6.20 Å². The molecule has 1 atom stereocenters. The Morgan fingerprint density at radius 3 is 2.78 bits per heavy atom. The molecule has 1 aromatic carbocycles. The highest BCUT2D eigenvalue weighted by molar-refractivity contribution is 5.78. The minimum absolute atomic E-state index is 0.0162. The molecule has 6 nitrogen and oxygen atoms in total. The van der Waals surface area contributed by atoms with Crippen LogP contribution in [-0.4, -0.2) is 39.1 Å². The van der Waals surface area contributed by atoms with E-state index in [0.717, 1.165) is 42.6 Å². The molecular formula is C21H22N4O2. The maximum absolute atomic E-state index is 12.8. The van der Waals surface area contributed by atoms with Gasteiger partial charge in [-0.3, -0.25) is 14.9 Å². The average molecular weight is 362 g/mol. The zero-order valence-corrected chi connectivity index (χ0v) is 15.0. The number of piperidine rings is 1. The van der Waals surface area contributed by atoms with Gasteiger partial charge in [0.1, 0.15) is 5.75 Å². The van der Waals surface area contributed by atoms with Crippen molar-refractivity contribution in [2.75, 3.05) is 13.2 Å². The summed E-state index contributed by atoms with van der Waals surface area (Å²) in [5.74, 6) is 0.730. The summed E-state index contributed by atoms with van der Waals surface area (Å²) in [6.07, 6.45) is 8.52. The smallest absolute Gasteiger partial charge is 0.261 e. The predicted octanol–water partition coefficient (Wildman–Crippen LogP) is 3.60. The topological polar surface area (TPSA) is 71.1 Å². The van der Waals surface area contributed by atoms with E-state index in [9.17, 15) is 4.79 Å². The molecule has 1 saturated heterocycles. The van der Waals surface area contributed by atoms with E-state index in [2.05, 4.69) is 21.2 Å². The van der Waals surface area contributed by atoms with E-state index in [-0.39, 0.29) is 18.6 Å². The quantitative estimate of drug-likeness (QED) is 0.753. The number of benzene rings is 1. The van der Waals surface area contributed by atoms with Crippen molar-refractivity contribution in [3.8, 4) is 17.0 Å². The molecule has 1 unspecified atom stereocenters. The van der Waals surface area contributed by atoms with Gasteiger partial charge >= 0.3 is 0 Å². The number of nitrogens with one attached hydrogen (secondary N) is 1. The lowest BCUT2D eigenvalue weighted by atomic mass is 9.96. The number of hydrogen-bond acceptors (Lipinski definition) is 4. The molecule has 3 aromatic rings. The first kappa shape index (κ1) is 17.3. The van der Waals surface area contributed by atoms with Crippen molar-refractivity contribution < 1.29 is 9.53 Å². The number of rotatable bonds is 5. The molecule has 0 saturated carbocycles. The van der Waals surface area contributed by atoms with Crippen molar-refractivity contribution in [2.45, 2.75) is 25.3 Å². The third-order valence-electron chi connectivity index (χ3n) is 4.89. The first-order chi connectivity index (χ1) is 13.3. The summed E-state index contributed by atoms with van der Waals surface area (Å²) >= 11 is 0. The number of H-pyrrole nitrogens is 1. The van der Waals surface area contributed by atoms with Crippen LogP contribution in [0.5, 0.6) is 5.75 Å². The van der Waals surface area contributed by atoms with E-state index >= 15 is 0 Å². The number of amides is 1. The Labute approximate surface area is 158 Å². The molecule has 138 valence electrons. The highest BCUT2D eigenvalue weighted by Crippen LogP contribution is 2.31. The normalized spacial score (nSPS) is 16.9. The summed E-state index contributed by atoms with van der Waals surface area (Å²) in [7, 11) is 0. The van der Waals surface area contributed by atoms with Crippen LogP contribution in [0.25, 0.3) is 11.3 Å². The SMILES string of the molecule is O=C(COc1ccccc1)N1CCCCC1c1ccc(-c2cn[nH]c2)nc1. The number of para-hydroxylation sites is 1. The van der Waals surface area contributed by atoms with E-state index in [4.69, 9.17) is 4.74 Å². The molecule has 1 amide bonds. The molecule has 27 heavy (non-hydrogen) atoms. The predicted molar refractivity (Wildman–Crippen MR) is 102 cm³/mol. The third kappa shape index (κ3) is 4.00. The number of carbonyl (C=O) groups excluding carboxylic acids is 1. The van der Waals surface area contributed by atoms with Crippen LogP contribution >= 0.6 is 0 Å². The van der Waals surface area contributed by atoms with Gasteiger partial charge < -0.3 is 9.64 Å². The zero-order valence-electron chi connectivity index (χ0n) is 15.0. The molecule has 1 N–H and O–H groups in total. The molecule has 4 rings (SSSR count). The van der Waals surface area contributed by atoms with Crippen LogP contribution in [-0.2, 0) is 4.79 Å². The van der Waals surface area contributed by atoms with E-state index in [1.807, 2.05) is 53.7 Å². The van der Waals surface area contributed by atoms with Gasteiger partial charge in [-0.15, -0.1) is 0 Å². The number of aromatic nitrogens is 3. The molecular weight excluding hydrogens is 340 g/mol. The first-order valence-corrected chi connectivity index (χ1v) is 9.24. The lowest BCUT2D eigenvalue weighted by Gasteiger charge is -2.36. The molecule has 0 spiro atoms. The number of nitrogens with zero attached hydrogens (tertiary/aromatic N) is 3. The second-order valence-corrected chi connectivity index (χ2v) is 6.66. The van der Waals surface area contributed by atoms with Crippen LogP contribution in [0.15, 0.2) is 61.1 Å². The maximum atomic E-state index is 12.8. The maximum Gasteiger partial charge on any atom is 0.261 e. The second kappa shape index (κ2) is 8.03. The summed E-state index contributed by atoms with van der Waals surface area (Å²) in [5, 5.41) is 6.76. The summed E-state index contributed by atoms with van der Waals surface area (Å²) in [4.78, 5) is 19.3. The van der Waals surface area contributed by atoms with Gasteiger partial charge in [0.2, 0.25) is 0 Å². The highest BCUT2D eigenvalue weighted by Gasteiger charge is 2.28. The second-order valence-electron chi connectivity index (χ2n) is 6.66. The van der Waals surface area contributed by atoms with Crippen LogP contribution in [0, 0.1) is 0 Å². The molecule has 0 aliphatic carbocycles. The molecule has 1 fully saturated rings. The summed E-state index contributed by atoms with van der Waals surface area (Å²) in [6.45, 7) is 0.812. The monoisotopic (exact) mass is 362 g/mol. The number of aromatic amines is 1. The summed E-state index contributed by atoms with van der Waals surface area (Å²) in [6, 6.07) is 13.5. The van der Waals surface area contributed by atoms with Crippen LogP contribution in [0.4, 0.5) is 0 Å². The van der Waals surface area contributed by atoms with E-state index < -0.39 is 0 Å². The van der Waals surface area contributed by atoms with Gasteiger partial charge in [0.25, 0.3) is 5.91 Å². The fraction of sp³-hybridized carbons (Fsp3) is 0.286. The van der Waals surface area contributed by atoms with Gasteiger partial charge in [0.05, 0.1) is 17.9 Å². The zero-order chi connectivity index (χ0) is 18.5. The van der Waals surface area contributed by atoms with Gasteiger partial charge in [-0.25, -0.2) is 0 Å². The van der Waals surface area contributed by atoms with Crippen molar-refractivity contribution in [3.63, 3.8) is 0 Å². The Morgan fingerprint density at radius 1 is 1.15 bits per heavy atom. The molecule has 6 heteroatoms. The van der Waals surface area contributed by atoms with Crippen molar-refractivity contribution in [2.24, 2.45) is 0 Å². The van der Waals surface area contributed by atoms with E-state index in [1.165, 1.54) is 0 Å². The number of likely N-dealkylation sites (tertiary alicyclic amines) is 1. The molecule has 1 aliphatic rings. The minimum atomic E-state index is 0.0162. The summed E-state index contributed by atoms with van der Waals surface area (Å²) < 4.78 is 5.66. The standard InChI is InChI=1S/C21H22N4O2/c26-21(15-27-18-6-2-1-3-7-18)25-11-5-4-8-20(25)16-9-10-19(22-12-16)17-13-23-24-14-17/h1-3,6-7,9-10,12-14,20H,4-5,8,11,15H2,(H,23,24). The number of ether oxygens (including phenoxy) is 1. The molecule has 0 bridgehead atoms. The van der Waals surface area contributed by atoms with Crippen molar-refractivity contribution in [3.05, 3.63) is 66.6 Å². The van der Waals surface area contributed by atoms with Crippen molar-refractivity contribution in [1.82, 2.24) is 20.1 Å². The fourth-order valence-electron chi connectivity index (χ4n) is 3.49. The average Bonchev–Trinajstić information content (AvgIpc) is 3.28. The Kier molecular flexibility index (Phi) is 5.14. The molecule has 2 aromatic heterocycles. The molecule has 3 heterocycles. The Hall–Kier alpha value is -3.15. The Balaban J connectivity index is 1.46. The van der Waals surface area contributed by atoms with Gasteiger partial charge in [-0.1, -0.05) is 24.3 Å². The van der Waals surface area contributed by atoms with Crippen molar-refractivity contribution in [1.29, 1.82) is 0 Å². The largest absolute Gasteiger partial charge is 0.484 e. The third-order valence-corrected chi connectivity index (χ3v) is 4.89. The lowest BCUT2D eigenvalue weighted by molar-refractivity contribution is -0.137. The highest BCUT2D eigenvalue weighted by atomic mass is 16.5. The van der Waals surface area contributed by atoms with Gasteiger partial charge in [-0.2, -0.15) is 5.10 Å². The van der Waals surface area contributed by atoms with Crippen LogP contribution in [0.3, 0.4) is 0 Å².